The summed E-state index contributed by atoms with van der Waals surface area (Å²) in [6, 6.07) is 9.32. The van der Waals surface area contributed by atoms with E-state index in [1.165, 1.54) is 6.07 Å². The Morgan fingerprint density at radius 1 is 1.29 bits per heavy atom. The first-order chi connectivity index (χ1) is 11.5. The molecule has 2 aromatic rings. The third kappa shape index (κ3) is 3.84. The number of nitrogens with one attached hydrogen (secondary N) is 1. The molecule has 2 heterocycles. The van der Waals surface area contributed by atoms with Gasteiger partial charge < -0.3 is 10.2 Å². The lowest BCUT2D eigenvalue weighted by atomic mass is 10.0. The van der Waals surface area contributed by atoms with Crippen LogP contribution in [0.5, 0.6) is 0 Å². The molecule has 1 N–H and O–H groups in total. The number of benzene rings is 1. The lowest BCUT2D eigenvalue weighted by Crippen LogP contribution is -2.39. The second kappa shape index (κ2) is 7.17. The molecular weight excluding hydrogens is 372 g/mol. The van der Waals surface area contributed by atoms with Gasteiger partial charge in [-0.3, -0.25) is 10.1 Å². The number of aromatic nitrogens is 1. The number of anilines is 2. The van der Waals surface area contributed by atoms with Crippen LogP contribution in [0.15, 0.2) is 41.0 Å². The summed E-state index contributed by atoms with van der Waals surface area (Å²) in [5, 5.41) is 14.5. The number of hydrogen-bond acceptors (Lipinski definition) is 5. The highest BCUT2D eigenvalue weighted by Gasteiger charge is 2.23. The van der Waals surface area contributed by atoms with Crippen LogP contribution < -0.4 is 10.2 Å². The van der Waals surface area contributed by atoms with E-state index in [9.17, 15) is 10.1 Å². The first kappa shape index (κ1) is 16.7. The highest BCUT2D eigenvalue weighted by atomic mass is 79.9. The number of nitro benzene ring substituents is 1. The van der Waals surface area contributed by atoms with Gasteiger partial charge in [-0.2, -0.15) is 0 Å². The van der Waals surface area contributed by atoms with Crippen LogP contribution >= 0.6 is 15.9 Å². The van der Waals surface area contributed by atoms with Crippen LogP contribution in [-0.4, -0.2) is 29.0 Å². The van der Waals surface area contributed by atoms with Crippen molar-refractivity contribution in [3.63, 3.8) is 0 Å². The third-order valence-corrected chi connectivity index (χ3v) is 4.72. The van der Waals surface area contributed by atoms with Crippen LogP contribution in [-0.2, 0) is 0 Å². The summed E-state index contributed by atoms with van der Waals surface area (Å²) < 4.78 is 0.830. The molecule has 0 amide bonds. The van der Waals surface area contributed by atoms with Crippen molar-refractivity contribution >= 4 is 33.1 Å². The van der Waals surface area contributed by atoms with Gasteiger partial charge in [0.05, 0.1) is 4.92 Å². The van der Waals surface area contributed by atoms with Gasteiger partial charge in [0, 0.05) is 35.9 Å². The number of pyridine rings is 1. The molecule has 7 heteroatoms. The second-order valence-corrected chi connectivity index (χ2v) is 6.93. The number of hydrogen-bond donors (Lipinski definition) is 1. The molecule has 0 spiro atoms. The van der Waals surface area contributed by atoms with E-state index in [2.05, 4.69) is 37.2 Å². The van der Waals surface area contributed by atoms with Crippen molar-refractivity contribution < 1.29 is 4.92 Å². The van der Waals surface area contributed by atoms with Crippen LogP contribution in [0.4, 0.5) is 17.2 Å². The molecule has 1 aromatic heterocycles. The van der Waals surface area contributed by atoms with Crippen LogP contribution in [0.25, 0.3) is 0 Å². The lowest BCUT2D eigenvalue weighted by Gasteiger charge is -2.33. The molecule has 1 aromatic carbocycles. The molecule has 1 aliphatic rings. The van der Waals surface area contributed by atoms with Gasteiger partial charge in [-0.15, -0.1) is 0 Å². The average Bonchev–Trinajstić information content (AvgIpc) is 2.56. The Morgan fingerprint density at radius 3 is 2.67 bits per heavy atom. The smallest absolute Gasteiger partial charge is 0.292 e. The highest BCUT2D eigenvalue weighted by Crippen LogP contribution is 2.30. The predicted octanol–water partition coefficient (Wildman–Crippen LogP) is 4.14. The number of halogens is 1. The summed E-state index contributed by atoms with van der Waals surface area (Å²) in [6.07, 6.45) is 3.71. The summed E-state index contributed by atoms with van der Waals surface area (Å²) in [5.74, 6) is 0.993. The SMILES string of the molecule is Cc1ccc(N2CCC(Nc3cc(Br)ccc3[N+](=O)[O-])CC2)nc1. The molecule has 3 rings (SSSR count). The van der Waals surface area contributed by atoms with Crippen LogP contribution in [0.1, 0.15) is 18.4 Å². The Hall–Kier alpha value is -2.15. The lowest BCUT2D eigenvalue weighted by molar-refractivity contribution is -0.384. The molecule has 24 heavy (non-hydrogen) atoms. The zero-order valence-electron chi connectivity index (χ0n) is 13.4. The van der Waals surface area contributed by atoms with Crippen molar-refractivity contribution in [3.8, 4) is 0 Å². The first-order valence-corrected chi connectivity index (χ1v) is 8.70. The standard InChI is InChI=1S/C17H19BrN4O2/c1-12-2-5-17(19-11-12)21-8-6-14(7-9-21)20-15-10-13(18)3-4-16(15)22(23)24/h2-5,10-11,14,20H,6-9H2,1H3. The number of nitrogens with zero attached hydrogens (tertiary/aromatic N) is 3. The Bertz CT molecular complexity index is 728. The average molecular weight is 391 g/mol. The van der Waals surface area contributed by atoms with E-state index in [1.54, 1.807) is 12.1 Å². The highest BCUT2D eigenvalue weighted by molar-refractivity contribution is 9.10. The molecular formula is C17H19BrN4O2. The van der Waals surface area contributed by atoms with E-state index in [0.29, 0.717) is 5.69 Å². The van der Waals surface area contributed by atoms with Gasteiger partial charge in [0.1, 0.15) is 11.5 Å². The fourth-order valence-corrected chi connectivity index (χ4v) is 3.26. The summed E-state index contributed by atoms with van der Waals surface area (Å²) in [5.41, 5.74) is 1.83. The van der Waals surface area contributed by atoms with Gasteiger partial charge in [-0.25, -0.2) is 4.98 Å². The molecule has 0 unspecified atom stereocenters. The molecule has 0 saturated carbocycles. The third-order valence-electron chi connectivity index (χ3n) is 4.23. The van der Waals surface area contributed by atoms with Crippen molar-refractivity contribution in [1.82, 2.24) is 4.98 Å². The van der Waals surface area contributed by atoms with Crippen LogP contribution in [0.3, 0.4) is 0 Å². The van der Waals surface area contributed by atoms with Crippen molar-refractivity contribution in [3.05, 3.63) is 56.7 Å². The van der Waals surface area contributed by atoms with Crippen LogP contribution in [0, 0.1) is 17.0 Å². The minimum absolute atomic E-state index is 0.112. The van der Waals surface area contributed by atoms with Crippen molar-refractivity contribution in [1.29, 1.82) is 0 Å². The first-order valence-electron chi connectivity index (χ1n) is 7.91. The number of aryl methyl sites for hydroxylation is 1. The number of nitro groups is 1. The van der Waals surface area contributed by atoms with E-state index in [0.717, 1.165) is 41.8 Å². The van der Waals surface area contributed by atoms with Crippen molar-refractivity contribution in [2.45, 2.75) is 25.8 Å². The Labute approximate surface area is 149 Å². The maximum Gasteiger partial charge on any atom is 0.292 e. The van der Waals surface area contributed by atoms with E-state index >= 15 is 0 Å². The summed E-state index contributed by atoms with van der Waals surface area (Å²) in [6.45, 7) is 3.79. The summed E-state index contributed by atoms with van der Waals surface area (Å²) in [4.78, 5) is 17.6. The Balaban J connectivity index is 1.64. The van der Waals surface area contributed by atoms with Gasteiger partial charge in [0.15, 0.2) is 0 Å². The maximum atomic E-state index is 11.2. The second-order valence-electron chi connectivity index (χ2n) is 6.02. The summed E-state index contributed by atoms with van der Waals surface area (Å²) >= 11 is 3.38. The normalized spacial score (nSPS) is 15.3. The van der Waals surface area contributed by atoms with Gasteiger partial charge >= 0.3 is 0 Å². The summed E-state index contributed by atoms with van der Waals surface area (Å²) in [7, 11) is 0. The molecule has 126 valence electrons. The molecule has 0 aliphatic carbocycles. The van der Waals surface area contributed by atoms with E-state index in [-0.39, 0.29) is 16.7 Å². The molecule has 0 radical (unpaired) electrons. The Kier molecular flexibility index (Phi) is 4.99. The minimum atomic E-state index is -0.347. The zero-order valence-corrected chi connectivity index (χ0v) is 15.0. The molecule has 1 fully saturated rings. The van der Waals surface area contributed by atoms with Gasteiger partial charge in [0.2, 0.25) is 0 Å². The molecule has 0 atom stereocenters. The quantitative estimate of drug-likeness (QED) is 0.627. The van der Waals surface area contributed by atoms with Gasteiger partial charge in [-0.05, 0) is 43.5 Å². The Morgan fingerprint density at radius 2 is 2.04 bits per heavy atom. The van der Waals surface area contributed by atoms with Gasteiger partial charge in [-0.1, -0.05) is 22.0 Å². The topological polar surface area (TPSA) is 71.3 Å². The van der Waals surface area contributed by atoms with Crippen molar-refractivity contribution in [2.75, 3.05) is 23.3 Å². The van der Waals surface area contributed by atoms with E-state index < -0.39 is 0 Å². The van der Waals surface area contributed by atoms with Crippen LogP contribution in [0.2, 0.25) is 0 Å². The van der Waals surface area contributed by atoms with E-state index in [1.807, 2.05) is 19.2 Å². The zero-order chi connectivity index (χ0) is 17.1. The number of rotatable bonds is 4. The fourth-order valence-electron chi connectivity index (χ4n) is 2.90. The molecule has 1 aliphatic heterocycles. The maximum absolute atomic E-state index is 11.2. The molecule has 0 bridgehead atoms. The minimum Gasteiger partial charge on any atom is -0.377 e. The van der Waals surface area contributed by atoms with Gasteiger partial charge in [0.25, 0.3) is 5.69 Å². The van der Waals surface area contributed by atoms with E-state index in [4.69, 9.17) is 0 Å². The largest absolute Gasteiger partial charge is 0.377 e. The predicted molar refractivity (Wildman–Crippen MR) is 98.6 cm³/mol. The number of piperidine rings is 1. The van der Waals surface area contributed by atoms with Crippen molar-refractivity contribution in [2.24, 2.45) is 0 Å². The molecule has 1 saturated heterocycles. The molecule has 6 nitrogen and oxygen atoms in total. The monoisotopic (exact) mass is 390 g/mol. The fraction of sp³-hybridized carbons (Fsp3) is 0.353.